The number of halogens is 1. The molecule has 0 bridgehead atoms. The van der Waals surface area contributed by atoms with E-state index in [2.05, 4.69) is 62.1 Å². The Hall–Kier alpha value is -2.60. The zero-order chi connectivity index (χ0) is 22.1. The van der Waals surface area contributed by atoms with Gasteiger partial charge in [-0.25, -0.2) is 4.98 Å². The van der Waals surface area contributed by atoms with Crippen LogP contribution in [0.25, 0.3) is 33.3 Å². The number of aromatic nitrogens is 1. The zero-order valence-corrected chi connectivity index (χ0v) is 20.3. The summed E-state index contributed by atoms with van der Waals surface area (Å²) in [5.41, 5.74) is 3.86. The van der Waals surface area contributed by atoms with Crippen molar-refractivity contribution in [3.05, 3.63) is 60.2 Å². The molecule has 1 aliphatic heterocycles. The minimum Gasteiger partial charge on any atom is -0.491 e. The smallest absolute Gasteiger partial charge is 0.231 e. The lowest BCUT2D eigenvalue weighted by atomic mass is 9.87. The lowest BCUT2D eigenvalue weighted by Crippen LogP contribution is -2.38. The molecule has 5 nitrogen and oxygen atoms in total. The summed E-state index contributed by atoms with van der Waals surface area (Å²) >= 11 is 0. The molecule has 0 unspecified atom stereocenters. The molecule has 0 atom stereocenters. The van der Waals surface area contributed by atoms with Gasteiger partial charge in [0, 0.05) is 19.6 Å². The highest BCUT2D eigenvalue weighted by Crippen LogP contribution is 2.36. The van der Waals surface area contributed by atoms with Gasteiger partial charge < -0.3 is 13.9 Å². The highest BCUT2D eigenvalue weighted by atomic mass is 35.5. The summed E-state index contributed by atoms with van der Waals surface area (Å²) in [5.74, 6) is 1.40. The van der Waals surface area contributed by atoms with E-state index >= 15 is 0 Å². The predicted octanol–water partition coefficient (Wildman–Crippen LogP) is 6.08. The molecule has 1 aliphatic rings. The molecule has 4 aromatic rings. The molecular weight excluding hydrogens is 436 g/mol. The van der Waals surface area contributed by atoms with E-state index in [1.54, 1.807) is 0 Å². The zero-order valence-electron chi connectivity index (χ0n) is 19.5. The first-order valence-electron chi connectivity index (χ1n) is 11.3. The number of morpholine rings is 1. The molecule has 174 valence electrons. The molecule has 1 fully saturated rings. The number of benzene rings is 3. The van der Waals surface area contributed by atoms with Crippen LogP contribution in [-0.4, -0.2) is 49.3 Å². The van der Waals surface area contributed by atoms with Crippen molar-refractivity contribution in [3.8, 4) is 17.2 Å². The molecule has 6 heteroatoms. The van der Waals surface area contributed by atoms with Gasteiger partial charge in [-0.3, -0.25) is 4.90 Å². The van der Waals surface area contributed by atoms with Crippen molar-refractivity contribution in [2.75, 3.05) is 39.5 Å². The Morgan fingerprint density at radius 1 is 0.970 bits per heavy atom. The van der Waals surface area contributed by atoms with Crippen molar-refractivity contribution in [3.63, 3.8) is 0 Å². The second-order valence-corrected chi connectivity index (χ2v) is 9.45. The van der Waals surface area contributed by atoms with E-state index in [0.717, 1.165) is 66.0 Å². The second-order valence-electron chi connectivity index (χ2n) is 9.45. The average molecular weight is 467 g/mol. The van der Waals surface area contributed by atoms with Gasteiger partial charge in [0.2, 0.25) is 5.89 Å². The number of nitrogens with zero attached hydrogens (tertiary/aromatic N) is 2. The summed E-state index contributed by atoms with van der Waals surface area (Å²) in [6.07, 6.45) is 0. The quantitative estimate of drug-likeness (QED) is 0.357. The number of hydrogen-bond donors (Lipinski definition) is 0. The summed E-state index contributed by atoms with van der Waals surface area (Å²) < 4.78 is 17.9. The van der Waals surface area contributed by atoms with Gasteiger partial charge >= 0.3 is 0 Å². The van der Waals surface area contributed by atoms with E-state index in [0.29, 0.717) is 12.5 Å². The summed E-state index contributed by atoms with van der Waals surface area (Å²) in [4.78, 5) is 7.22. The van der Waals surface area contributed by atoms with Crippen molar-refractivity contribution >= 4 is 34.3 Å². The molecule has 1 saturated heterocycles. The Bertz CT molecular complexity index is 1240. The molecule has 5 rings (SSSR count). The normalized spacial score (nSPS) is 15.0. The molecule has 0 spiro atoms. The number of fused-ring (bicyclic) bond motifs is 2. The average Bonchev–Trinajstić information content (AvgIpc) is 3.22. The largest absolute Gasteiger partial charge is 0.491 e. The lowest BCUT2D eigenvalue weighted by Gasteiger charge is -2.26. The maximum Gasteiger partial charge on any atom is 0.231 e. The fourth-order valence-corrected chi connectivity index (χ4v) is 4.12. The maximum absolute atomic E-state index is 6.29. The van der Waals surface area contributed by atoms with Crippen molar-refractivity contribution in [1.29, 1.82) is 0 Å². The van der Waals surface area contributed by atoms with Crippen molar-refractivity contribution in [2.24, 2.45) is 0 Å². The van der Waals surface area contributed by atoms with E-state index in [9.17, 15) is 0 Å². The number of oxazole rings is 1. The molecule has 1 aromatic heterocycles. The maximum atomic E-state index is 6.29. The van der Waals surface area contributed by atoms with E-state index in [4.69, 9.17) is 18.9 Å². The van der Waals surface area contributed by atoms with Crippen molar-refractivity contribution < 1.29 is 13.9 Å². The first kappa shape index (κ1) is 23.6. The fourth-order valence-electron chi connectivity index (χ4n) is 4.12. The monoisotopic (exact) mass is 466 g/mol. The lowest BCUT2D eigenvalue weighted by molar-refractivity contribution is 0.0323. The Labute approximate surface area is 201 Å². The molecule has 0 N–H and O–H groups in total. The molecule has 3 aromatic carbocycles. The Morgan fingerprint density at radius 2 is 1.70 bits per heavy atom. The van der Waals surface area contributed by atoms with E-state index in [1.807, 2.05) is 18.2 Å². The first-order chi connectivity index (χ1) is 15.5. The Balaban J connectivity index is 0.00000259. The molecule has 2 heterocycles. The Morgan fingerprint density at radius 3 is 2.42 bits per heavy atom. The van der Waals surface area contributed by atoms with Gasteiger partial charge in [-0.2, -0.15) is 0 Å². The van der Waals surface area contributed by atoms with Crippen LogP contribution in [0, 0.1) is 0 Å². The van der Waals surface area contributed by atoms with Crippen LogP contribution in [0.1, 0.15) is 26.3 Å². The van der Waals surface area contributed by atoms with Crippen LogP contribution in [0.5, 0.6) is 5.75 Å². The van der Waals surface area contributed by atoms with Gasteiger partial charge in [-0.1, -0.05) is 51.1 Å². The minimum atomic E-state index is 0. The number of hydrogen-bond acceptors (Lipinski definition) is 5. The third-order valence-corrected chi connectivity index (χ3v) is 6.10. The topological polar surface area (TPSA) is 47.7 Å². The van der Waals surface area contributed by atoms with Gasteiger partial charge in [-0.05, 0) is 46.0 Å². The SMILES string of the molecule is CC(C)(C)c1ccc2oc(-c3cc4ccccc4cc3OCCN3CCOCC3)nc2c1.Cl. The number of ether oxygens (including phenoxy) is 2. The van der Waals surface area contributed by atoms with Crippen LogP contribution < -0.4 is 4.74 Å². The molecule has 0 aliphatic carbocycles. The second kappa shape index (κ2) is 9.72. The van der Waals surface area contributed by atoms with Crippen LogP contribution in [0.15, 0.2) is 59.0 Å². The van der Waals surface area contributed by atoms with Crippen molar-refractivity contribution in [1.82, 2.24) is 9.88 Å². The predicted molar refractivity (Wildman–Crippen MR) is 136 cm³/mol. The summed E-state index contributed by atoms with van der Waals surface area (Å²) in [6, 6.07) is 18.8. The van der Waals surface area contributed by atoms with Gasteiger partial charge in [0.25, 0.3) is 0 Å². The van der Waals surface area contributed by atoms with Gasteiger partial charge in [0.05, 0.1) is 18.8 Å². The van der Waals surface area contributed by atoms with Gasteiger partial charge in [-0.15, -0.1) is 12.4 Å². The van der Waals surface area contributed by atoms with Gasteiger partial charge in [0.15, 0.2) is 5.58 Å². The molecule has 0 saturated carbocycles. The molecular formula is C27H31ClN2O3. The fraction of sp³-hybridized carbons (Fsp3) is 0.370. The molecule has 33 heavy (non-hydrogen) atoms. The number of rotatable bonds is 5. The van der Waals surface area contributed by atoms with E-state index < -0.39 is 0 Å². The third kappa shape index (κ3) is 5.16. The highest BCUT2D eigenvalue weighted by Gasteiger charge is 2.19. The van der Waals surface area contributed by atoms with Crippen LogP contribution in [0.2, 0.25) is 0 Å². The van der Waals surface area contributed by atoms with Crippen LogP contribution in [0.4, 0.5) is 0 Å². The highest BCUT2D eigenvalue weighted by molar-refractivity contribution is 5.90. The third-order valence-electron chi connectivity index (χ3n) is 6.10. The minimum absolute atomic E-state index is 0. The van der Waals surface area contributed by atoms with E-state index in [-0.39, 0.29) is 17.8 Å². The van der Waals surface area contributed by atoms with Gasteiger partial charge in [0.1, 0.15) is 17.9 Å². The Kier molecular flexibility index (Phi) is 6.94. The van der Waals surface area contributed by atoms with E-state index in [1.165, 1.54) is 5.56 Å². The molecule has 0 radical (unpaired) electrons. The van der Waals surface area contributed by atoms with Crippen LogP contribution >= 0.6 is 12.4 Å². The summed E-state index contributed by atoms with van der Waals surface area (Å²) in [7, 11) is 0. The first-order valence-corrected chi connectivity index (χ1v) is 11.3. The van der Waals surface area contributed by atoms with Crippen molar-refractivity contribution in [2.45, 2.75) is 26.2 Å². The summed E-state index contributed by atoms with van der Waals surface area (Å²) in [6.45, 7) is 11.6. The van der Waals surface area contributed by atoms with Crippen LogP contribution in [0.3, 0.4) is 0 Å². The van der Waals surface area contributed by atoms with Crippen LogP contribution in [-0.2, 0) is 10.2 Å². The summed E-state index contributed by atoms with van der Waals surface area (Å²) in [5, 5.41) is 2.28. The standard InChI is InChI=1S/C27H30N2O3.ClH/c1-27(2,3)21-8-9-24-23(18-21)28-26(32-24)22-16-19-6-4-5-7-20(19)17-25(22)31-15-12-29-10-13-30-14-11-29;/h4-9,16-18H,10-15H2,1-3H3;1H. The molecule has 0 amide bonds.